The largest absolute Gasteiger partial charge is 0.360 e. The zero-order valence-corrected chi connectivity index (χ0v) is 14.6. The summed E-state index contributed by atoms with van der Waals surface area (Å²) in [7, 11) is 0. The van der Waals surface area contributed by atoms with Crippen LogP contribution in [0.25, 0.3) is 0 Å². The maximum Gasteiger partial charge on any atom is 0.258 e. The number of carbonyl (C=O) groups is 3. The number of Topliss-reactive ketones (excluding diaryl/α,β-unsaturated/α-hetero) is 1. The van der Waals surface area contributed by atoms with Crippen LogP contribution >= 0.6 is 0 Å². The smallest absolute Gasteiger partial charge is 0.258 e. The number of nitrogens with zero attached hydrogens (tertiary/aromatic N) is 2. The van der Waals surface area contributed by atoms with Crippen LogP contribution in [0.4, 0.5) is 11.5 Å². The summed E-state index contributed by atoms with van der Waals surface area (Å²) in [4.78, 5) is 40.1. The fourth-order valence-corrected chi connectivity index (χ4v) is 2.32. The Morgan fingerprint density at radius 3 is 2.26 bits per heavy atom. The zero-order chi connectivity index (χ0) is 19.4. The van der Waals surface area contributed by atoms with Crippen LogP contribution in [-0.2, 0) is 0 Å². The molecule has 8 heteroatoms. The zero-order valence-electron chi connectivity index (χ0n) is 14.6. The Morgan fingerprint density at radius 1 is 0.926 bits per heavy atom. The van der Waals surface area contributed by atoms with Crippen molar-refractivity contribution in [3.8, 4) is 0 Å². The van der Waals surface area contributed by atoms with Gasteiger partial charge in [0.1, 0.15) is 5.76 Å². The van der Waals surface area contributed by atoms with Crippen molar-refractivity contribution in [3.05, 3.63) is 71.2 Å². The molecule has 2 aromatic heterocycles. The van der Waals surface area contributed by atoms with Crippen LogP contribution in [0.2, 0.25) is 0 Å². The van der Waals surface area contributed by atoms with E-state index in [0.717, 1.165) is 0 Å². The summed E-state index contributed by atoms with van der Waals surface area (Å²) in [6.07, 6.45) is 2.69. The summed E-state index contributed by atoms with van der Waals surface area (Å²) >= 11 is 0. The Bertz CT molecular complexity index is 1030. The van der Waals surface area contributed by atoms with Crippen molar-refractivity contribution in [1.82, 2.24) is 10.1 Å². The molecule has 0 fully saturated rings. The van der Waals surface area contributed by atoms with Crippen LogP contribution in [-0.4, -0.2) is 27.7 Å². The molecule has 0 bridgehead atoms. The molecule has 0 radical (unpaired) electrons. The van der Waals surface area contributed by atoms with Gasteiger partial charge in [-0.3, -0.25) is 19.4 Å². The van der Waals surface area contributed by atoms with E-state index in [1.807, 2.05) is 0 Å². The highest BCUT2D eigenvalue weighted by Gasteiger charge is 2.13. The van der Waals surface area contributed by atoms with Crippen LogP contribution in [0.1, 0.15) is 43.8 Å². The van der Waals surface area contributed by atoms with Crippen molar-refractivity contribution in [1.29, 1.82) is 0 Å². The van der Waals surface area contributed by atoms with Crippen molar-refractivity contribution < 1.29 is 18.9 Å². The maximum atomic E-state index is 12.4. The average Bonchev–Trinajstić information content (AvgIpc) is 3.06. The molecule has 2 heterocycles. The highest BCUT2D eigenvalue weighted by molar-refractivity contribution is 6.08. The number of pyridine rings is 1. The van der Waals surface area contributed by atoms with Gasteiger partial charge in [0, 0.05) is 29.7 Å². The number of nitrogens with one attached hydrogen (secondary N) is 2. The normalized spacial score (nSPS) is 10.3. The molecular weight excluding hydrogens is 348 g/mol. The summed E-state index contributed by atoms with van der Waals surface area (Å²) in [6.45, 7) is 3.15. The molecule has 3 rings (SSSR count). The highest BCUT2D eigenvalue weighted by atomic mass is 16.5. The van der Waals surface area contributed by atoms with Gasteiger partial charge in [0.15, 0.2) is 11.6 Å². The maximum absolute atomic E-state index is 12.4. The lowest BCUT2D eigenvalue weighted by Crippen LogP contribution is -2.16. The summed E-state index contributed by atoms with van der Waals surface area (Å²) in [5.41, 5.74) is 1.36. The third kappa shape index (κ3) is 4.43. The van der Waals surface area contributed by atoms with Gasteiger partial charge in [0.05, 0.1) is 11.1 Å². The lowest BCUT2D eigenvalue weighted by Gasteiger charge is -2.07. The van der Waals surface area contributed by atoms with Crippen molar-refractivity contribution in [2.45, 2.75) is 13.8 Å². The van der Waals surface area contributed by atoms with Gasteiger partial charge in [0.25, 0.3) is 11.8 Å². The molecule has 3 aromatic rings. The van der Waals surface area contributed by atoms with Crippen molar-refractivity contribution >= 4 is 29.1 Å². The number of aryl methyl sites for hydroxylation is 1. The standard InChI is InChI=1S/C19H16N4O4/c1-11-6-17(23-27-11)22-19(26)15-7-14(9-20-10-15)18(25)21-16-5-3-4-13(8-16)12(2)24/h3-10H,1-2H3,(H,21,25)(H,22,23,26). The van der Waals surface area contributed by atoms with Crippen LogP contribution in [0, 0.1) is 6.92 Å². The van der Waals surface area contributed by atoms with Gasteiger partial charge in [0.2, 0.25) is 0 Å². The number of hydrogen-bond donors (Lipinski definition) is 2. The molecule has 0 saturated heterocycles. The molecule has 0 aliphatic carbocycles. The van der Waals surface area contributed by atoms with Crippen molar-refractivity contribution in [2.24, 2.45) is 0 Å². The summed E-state index contributed by atoms with van der Waals surface area (Å²) in [5, 5.41) is 8.93. The fraction of sp³-hybridized carbons (Fsp3) is 0.105. The quantitative estimate of drug-likeness (QED) is 0.673. The van der Waals surface area contributed by atoms with Crippen molar-refractivity contribution in [2.75, 3.05) is 10.6 Å². The van der Waals surface area contributed by atoms with Gasteiger partial charge < -0.3 is 15.2 Å². The van der Waals surface area contributed by atoms with Gasteiger partial charge >= 0.3 is 0 Å². The molecule has 2 amide bonds. The molecule has 0 aliphatic rings. The first-order chi connectivity index (χ1) is 12.9. The van der Waals surface area contributed by atoms with Crippen LogP contribution < -0.4 is 10.6 Å². The Balaban J connectivity index is 1.74. The molecule has 2 N–H and O–H groups in total. The Morgan fingerprint density at radius 2 is 1.63 bits per heavy atom. The molecule has 136 valence electrons. The molecular formula is C19H16N4O4. The second kappa shape index (κ2) is 7.61. The van der Waals surface area contributed by atoms with E-state index in [1.165, 1.54) is 25.4 Å². The molecule has 0 spiro atoms. The number of aromatic nitrogens is 2. The first-order valence-electron chi connectivity index (χ1n) is 8.04. The van der Waals surface area contributed by atoms with E-state index in [4.69, 9.17) is 4.52 Å². The number of ketones is 1. The minimum Gasteiger partial charge on any atom is -0.360 e. The Kier molecular flexibility index (Phi) is 5.07. The number of carbonyl (C=O) groups excluding carboxylic acids is 3. The molecule has 27 heavy (non-hydrogen) atoms. The summed E-state index contributed by atoms with van der Waals surface area (Å²) < 4.78 is 4.89. The number of anilines is 2. The van der Waals surface area contributed by atoms with Gasteiger partial charge in [-0.05, 0) is 32.0 Å². The molecule has 0 saturated carbocycles. The third-order valence-electron chi connectivity index (χ3n) is 3.66. The van der Waals surface area contributed by atoms with E-state index in [2.05, 4.69) is 20.8 Å². The predicted octanol–water partition coefficient (Wildman–Crippen LogP) is 3.09. The number of hydrogen-bond acceptors (Lipinski definition) is 6. The lowest BCUT2D eigenvalue weighted by molar-refractivity contribution is 0.100. The van der Waals surface area contributed by atoms with E-state index in [-0.39, 0.29) is 22.7 Å². The lowest BCUT2D eigenvalue weighted by atomic mass is 10.1. The molecule has 0 aliphatic heterocycles. The first kappa shape index (κ1) is 18.0. The van der Waals surface area contributed by atoms with Gasteiger partial charge in [-0.2, -0.15) is 0 Å². The fourth-order valence-electron chi connectivity index (χ4n) is 2.32. The summed E-state index contributed by atoms with van der Waals surface area (Å²) in [5.74, 6) is -0.188. The number of amides is 2. The summed E-state index contributed by atoms with van der Waals surface area (Å²) in [6, 6.07) is 9.58. The minimum atomic E-state index is -0.468. The Hall–Kier alpha value is -3.81. The second-order valence-electron chi connectivity index (χ2n) is 5.83. The van der Waals surface area contributed by atoms with Crippen LogP contribution in [0.5, 0.6) is 0 Å². The second-order valence-corrected chi connectivity index (χ2v) is 5.83. The average molecular weight is 364 g/mol. The van der Waals surface area contributed by atoms with E-state index >= 15 is 0 Å². The minimum absolute atomic E-state index is 0.102. The molecule has 1 aromatic carbocycles. The van der Waals surface area contributed by atoms with Crippen LogP contribution in [0.3, 0.4) is 0 Å². The highest BCUT2D eigenvalue weighted by Crippen LogP contribution is 2.14. The predicted molar refractivity (Wildman–Crippen MR) is 97.8 cm³/mol. The topological polar surface area (TPSA) is 114 Å². The van der Waals surface area contributed by atoms with Crippen molar-refractivity contribution in [3.63, 3.8) is 0 Å². The van der Waals surface area contributed by atoms with E-state index in [9.17, 15) is 14.4 Å². The van der Waals surface area contributed by atoms with Gasteiger partial charge in [-0.25, -0.2) is 0 Å². The first-order valence-corrected chi connectivity index (χ1v) is 8.04. The van der Waals surface area contributed by atoms with Crippen LogP contribution in [0.15, 0.2) is 53.3 Å². The molecule has 0 unspecified atom stereocenters. The monoisotopic (exact) mass is 364 g/mol. The SMILES string of the molecule is CC(=O)c1cccc(NC(=O)c2cncc(C(=O)Nc3cc(C)on3)c2)c1. The van der Waals surface area contributed by atoms with E-state index in [1.54, 1.807) is 37.3 Å². The van der Waals surface area contributed by atoms with Gasteiger partial charge in [-0.1, -0.05) is 17.3 Å². The van der Waals surface area contributed by atoms with Gasteiger partial charge in [-0.15, -0.1) is 0 Å². The molecule has 0 atom stereocenters. The number of benzene rings is 1. The molecule has 8 nitrogen and oxygen atoms in total. The number of rotatable bonds is 5. The van der Waals surface area contributed by atoms with E-state index in [0.29, 0.717) is 17.0 Å². The van der Waals surface area contributed by atoms with E-state index < -0.39 is 11.8 Å². The third-order valence-corrected chi connectivity index (χ3v) is 3.66. The Labute approximate surface area is 154 Å².